The van der Waals surface area contributed by atoms with E-state index < -0.39 is 11.7 Å². The monoisotopic (exact) mass is 427 g/mol. The Morgan fingerprint density at radius 2 is 1.90 bits per heavy atom. The molecule has 31 heavy (non-hydrogen) atoms. The van der Waals surface area contributed by atoms with Crippen LogP contribution >= 0.6 is 0 Å². The van der Waals surface area contributed by atoms with Gasteiger partial charge in [0, 0.05) is 30.1 Å². The number of hydrogen-bond donors (Lipinski definition) is 1. The molecule has 1 aliphatic rings. The first-order valence-corrected chi connectivity index (χ1v) is 10.4. The molecule has 0 saturated carbocycles. The minimum absolute atomic E-state index is 0.185. The van der Waals surface area contributed by atoms with Gasteiger partial charge in [-0.2, -0.15) is 13.2 Å². The topological polar surface area (TPSA) is 45.2 Å². The summed E-state index contributed by atoms with van der Waals surface area (Å²) in [6, 6.07) is 15.0. The minimum Gasteiger partial charge on any atom is -0.354 e. The summed E-state index contributed by atoms with van der Waals surface area (Å²) in [6.45, 7) is 3.23. The van der Waals surface area contributed by atoms with Crippen molar-refractivity contribution in [1.82, 2.24) is 4.98 Å². The van der Waals surface area contributed by atoms with Gasteiger partial charge in [-0.25, -0.2) is 4.98 Å². The maximum atomic E-state index is 12.6. The highest BCUT2D eigenvalue weighted by Gasteiger charge is 2.29. The molecule has 0 bridgehead atoms. The van der Waals surface area contributed by atoms with Gasteiger partial charge in [-0.05, 0) is 74.2 Å². The Hall–Kier alpha value is -3.09. The van der Waals surface area contributed by atoms with Gasteiger partial charge in [0.1, 0.15) is 5.82 Å². The molecule has 4 nitrogen and oxygen atoms in total. The molecule has 2 aromatic carbocycles. The third-order valence-electron chi connectivity index (χ3n) is 5.73. The predicted molar refractivity (Wildman–Crippen MR) is 116 cm³/mol. The van der Waals surface area contributed by atoms with Crippen LogP contribution in [0.2, 0.25) is 0 Å². The molecule has 1 aliphatic heterocycles. The standard InChI is InChI=1S/C24H24F3N3O/c1-16-3-2-14-30(16)22-12-7-18-15-20(10-11-21(18)29-22)28-23(31)13-6-17-4-8-19(9-5-17)24(25,26)27/h4-5,7-12,15-16H,2-3,6,13-14H2,1H3,(H,28,31). The molecule has 1 fully saturated rings. The van der Waals surface area contributed by atoms with Crippen molar-refractivity contribution in [3.05, 3.63) is 65.7 Å². The Labute approximate surface area is 179 Å². The SMILES string of the molecule is CC1CCCN1c1ccc2cc(NC(=O)CCc3ccc(C(F)(F)F)cc3)ccc2n1. The third-order valence-corrected chi connectivity index (χ3v) is 5.73. The van der Waals surface area contributed by atoms with Crippen LogP contribution in [0.4, 0.5) is 24.7 Å². The second-order valence-corrected chi connectivity index (χ2v) is 8.00. The number of carbonyl (C=O) groups is 1. The molecule has 162 valence electrons. The normalized spacial score (nSPS) is 16.6. The second kappa shape index (κ2) is 8.57. The Morgan fingerprint density at radius 3 is 2.58 bits per heavy atom. The number of alkyl halides is 3. The average Bonchev–Trinajstić information content (AvgIpc) is 3.17. The van der Waals surface area contributed by atoms with Crippen LogP contribution in [0.3, 0.4) is 0 Å². The van der Waals surface area contributed by atoms with Crippen molar-refractivity contribution >= 4 is 28.3 Å². The van der Waals surface area contributed by atoms with E-state index in [9.17, 15) is 18.0 Å². The number of rotatable bonds is 5. The van der Waals surface area contributed by atoms with Crippen LogP contribution in [0.25, 0.3) is 10.9 Å². The molecule has 4 rings (SSSR count). The Morgan fingerprint density at radius 1 is 1.13 bits per heavy atom. The first kappa shape index (κ1) is 21.2. The summed E-state index contributed by atoms with van der Waals surface area (Å²) in [5.74, 6) is 0.792. The number of aryl methyl sites for hydroxylation is 1. The molecular formula is C24H24F3N3O. The Bertz CT molecular complexity index is 1080. The first-order valence-electron chi connectivity index (χ1n) is 10.4. The highest BCUT2D eigenvalue weighted by molar-refractivity contribution is 5.94. The van der Waals surface area contributed by atoms with Gasteiger partial charge in [-0.3, -0.25) is 4.79 Å². The number of amides is 1. The number of halogens is 3. The van der Waals surface area contributed by atoms with Gasteiger partial charge >= 0.3 is 6.18 Å². The summed E-state index contributed by atoms with van der Waals surface area (Å²) >= 11 is 0. The van der Waals surface area contributed by atoms with Crippen molar-refractivity contribution < 1.29 is 18.0 Å². The lowest BCUT2D eigenvalue weighted by Gasteiger charge is -2.22. The summed E-state index contributed by atoms with van der Waals surface area (Å²) in [6.07, 6.45) is -1.44. The zero-order valence-electron chi connectivity index (χ0n) is 17.2. The maximum Gasteiger partial charge on any atom is 0.416 e. The van der Waals surface area contributed by atoms with E-state index in [0.717, 1.165) is 35.4 Å². The highest BCUT2D eigenvalue weighted by atomic mass is 19.4. The van der Waals surface area contributed by atoms with Crippen LogP contribution < -0.4 is 10.2 Å². The number of nitrogens with one attached hydrogen (secondary N) is 1. The van der Waals surface area contributed by atoms with Crippen LogP contribution in [0.15, 0.2) is 54.6 Å². The molecule has 0 radical (unpaired) electrons. The number of hydrogen-bond acceptors (Lipinski definition) is 3. The van der Waals surface area contributed by atoms with E-state index in [2.05, 4.69) is 17.1 Å². The summed E-state index contributed by atoms with van der Waals surface area (Å²) < 4.78 is 37.9. The van der Waals surface area contributed by atoms with Gasteiger partial charge in [-0.1, -0.05) is 12.1 Å². The molecule has 1 atom stereocenters. The third kappa shape index (κ3) is 4.98. The number of carbonyl (C=O) groups excluding carboxylic acids is 1. The molecule has 1 amide bonds. The van der Waals surface area contributed by atoms with Crippen molar-refractivity contribution in [3.63, 3.8) is 0 Å². The molecule has 1 saturated heterocycles. The van der Waals surface area contributed by atoms with E-state index in [1.54, 1.807) is 0 Å². The van der Waals surface area contributed by atoms with Gasteiger partial charge in [0.15, 0.2) is 0 Å². The summed E-state index contributed by atoms with van der Waals surface area (Å²) in [5, 5.41) is 3.80. The summed E-state index contributed by atoms with van der Waals surface area (Å²) in [7, 11) is 0. The Kier molecular flexibility index (Phi) is 5.85. The molecule has 0 aliphatic carbocycles. The number of fused-ring (bicyclic) bond motifs is 1. The van der Waals surface area contributed by atoms with E-state index >= 15 is 0 Å². The maximum absolute atomic E-state index is 12.6. The van der Waals surface area contributed by atoms with Gasteiger partial charge < -0.3 is 10.2 Å². The van der Waals surface area contributed by atoms with E-state index in [0.29, 0.717) is 23.7 Å². The number of aromatic nitrogens is 1. The zero-order valence-corrected chi connectivity index (χ0v) is 17.2. The van der Waals surface area contributed by atoms with Crippen molar-refractivity contribution in [2.75, 3.05) is 16.8 Å². The van der Waals surface area contributed by atoms with Crippen LogP contribution in [0.5, 0.6) is 0 Å². The van der Waals surface area contributed by atoms with Crippen molar-refractivity contribution in [2.24, 2.45) is 0 Å². The van der Waals surface area contributed by atoms with Crippen LogP contribution in [0.1, 0.15) is 37.3 Å². The second-order valence-electron chi connectivity index (χ2n) is 8.00. The van der Waals surface area contributed by atoms with E-state index in [1.165, 1.54) is 25.0 Å². The van der Waals surface area contributed by atoms with Crippen molar-refractivity contribution in [1.29, 1.82) is 0 Å². The molecule has 1 aromatic heterocycles. The number of benzene rings is 2. The average molecular weight is 427 g/mol. The lowest BCUT2D eigenvalue weighted by Crippen LogP contribution is -2.27. The molecule has 2 heterocycles. The fourth-order valence-corrected chi connectivity index (χ4v) is 3.97. The van der Waals surface area contributed by atoms with Gasteiger partial charge in [0.05, 0.1) is 11.1 Å². The number of nitrogens with zero attached hydrogens (tertiary/aromatic N) is 2. The largest absolute Gasteiger partial charge is 0.416 e. The fourth-order valence-electron chi connectivity index (χ4n) is 3.97. The van der Waals surface area contributed by atoms with Gasteiger partial charge in [0.2, 0.25) is 5.91 Å². The molecule has 7 heteroatoms. The smallest absolute Gasteiger partial charge is 0.354 e. The summed E-state index contributed by atoms with van der Waals surface area (Å²) in [4.78, 5) is 19.4. The number of pyridine rings is 1. The highest BCUT2D eigenvalue weighted by Crippen LogP contribution is 2.29. The first-order chi connectivity index (χ1) is 14.8. The molecule has 1 unspecified atom stereocenters. The van der Waals surface area contributed by atoms with Gasteiger partial charge in [0.25, 0.3) is 0 Å². The fraction of sp³-hybridized carbons (Fsp3) is 0.333. The number of anilines is 2. The Balaban J connectivity index is 1.37. The van der Waals surface area contributed by atoms with E-state index in [-0.39, 0.29) is 12.3 Å². The quantitative estimate of drug-likeness (QED) is 0.559. The lowest BCUT2D eigenvalue weighted by molar-refractivity contribution is -0.137. The van der Waals surface area contributed by atoms with Crippen LogP contribution in [-0.2, 0) is 17.4 Å². The zero-order chi connectivity index (χ0) is 22.0. The van der Waals surface area contributed by atoms with Crippen LogP contribution in [-0.4, -0.2) is 23.5 Å². The minimum atomic E-state index is -4.35. The summed E-state index contributed by atoms with van der Waals surface area (Å²) in [5.41, 5.74) is 1.55. The van der Waals surface area contributed by atoms with Crippen molar-refractivity contribution in [3.8, 4) is 0 Å². The molecular weight excluding hydrogens is 403 g/mol. The molecule has 1 N–H and O–H groups in total. The van der Waals surface area contributed by atoms with E-state index in [1.807, 2.05) is 30.3 Å². The van der Waals surface area contributed by atoms with Crippen LogP contribution in [0, 0.1) is 0 Å². The molecule has 0 spiro atoms. The van der Waals surface area contributed by atoms with E-state index in [4.69, 9.17) is 4.98 Å². The lowest BCUT2D eigenvalue weighted by atomic mass is 10.1. The molecule has 3 aromatic rings. The van der Waals surface area contributed by atoms with Crippen molar-refractivity contribution in [2.45, 2.75) is 44.8 Å². The van der Waals surface area contributed by atoms with Gasteiger partial charge in [-0.15, -0.1) is 0 Å². The predicted octanol–water partition coefficient (Wildman–Crippen LogP) is 5.81.